The molecule has 1 aromatic heterocycles. The summed E-state index contributed by atoms with van der Waals surface area (Å²) in [5.74, 6) is 2.76. The lowest BCUT2D eigenvalue weighted by molar-refractivity contribution is -0.134. The maximum Gasteiger partial charge on any atom is 0.241 e. The Morgan fingerprint density at radius 2 is 1.84 bits per heavy atom. The first kappa shape index (κ1) is 17.9. The molecule has 0 spiro atoms. The van der Waals surface area contributed by atoms with E-state index in [1.165, 1.54) is 12.8 Å². The summed E-state index contributed by atoms with van der Waals surface area (Å²) in [6.07, 6.45) is 4.61. The molecule has 2 heterocycles. The first-order valence-corrected chi connectivity index (χ1v) is 9.28. The predicted octanol–water partition coefficient (Wildman–Crippen LogP) is 1.94. The summed E-state index contributed by atoms with van der Waals surface area (Å²) in [4.78, 5) is 30.6. The largest absolute Gasteiger partial charge is 0.347 e. The third kappa shape index (κ3) is 5.03. The molecule has 0 radical (unpaired) electrons. The minimum atomic E-state index is -0.0676. The molecule has 0 aromatic carbocycles. The highest BCUT2D eigenvalue weighted by atomic mass is 16.2. The van der Waals surface area contributed by atoms with Gasteiger partial charge in [0.25, 0.3) is 0 Å². The number of nitrogens with zero attached hydrogens (tertiary/aromatic N) is 3. The van der Waals surface area contributed by atoms with Crippen molar-refractivity contribution in [3.63, 3.8) is 0 Å². The number of likely N-dealkylation sites (tertiary alicyclic amines) is 1. The van der Waals surface area contributed by atoms with Crippen molar-refractivity contribution in [2.75, 3.05) is 19.6 Å². The Balaban J connectivity index is 1.42. The molecule has 2 aliphatic rings. The first-order valence-electron chi connectivity index (χ1n) is 9.28. The SMILES string of the molecule is CC(C)(C)CC(=O)NCC(=O)N1CCC(c2nc(C3CC3)n[nH]2)CC1. The highest BCUT2D eigenvalue weighted by Gasteiger charge is 2.30. The van der Waals surface area contributed by atoms with Crippen LogP contribution in [0.3, 0.4) is 0 Å². The maximum absolute atomic E-state index is 12.3. The zero-order valence-corrected chi connectivity index (χ0v) is 15.5. The molecule has 2 fully saturated rings. The number of hydrogen-bond donors (Lipinski definition) is 2. The molecule has 7 nitrogen and oxygen atoms in total. The Labute approximate surface area is 149 Å². The van der Waals surface area contributed by atoms with E-state index in [2.05, 4.69) is 20.5 Å². The highest BCUT2D eigenvalue weighted by Crippen LogP contribution is 2.38. The van der Waals surface area contributed by atoms with E-state index in [1.54, 1.807) is 0 Å². The third-order valence-electron chi connectivity index (χ3n) is 4.82. The van der Waals surface area contributed by atoms with Crippen LogP contribution in [0.2, 0.25) is 0 Å². The molecule has 1 saturated carbocycles. The van der Waals surface area contributed by atoms with Crippen molar-refractivity contribution in [3.05, 3.63) is 11.6 Å². The van der Waals surface area contributed by atoms with Gasteiger partial charge in [-0.2, -0.15) is 5.10 Å². The van der Waals surface area contributed by atoms with Crippen molar-refractivity contribution >= 4 is 11.8 Å². The van der Waals surface area contributed by atoms with Gasteiger partial charge in [0.15, 0.2) is 5.82 Å². The van der Waals surface area contributed by atoms with Gasteiger partial charge >= 0.3 is 0 Å². The number of H-pyrrole nitrogens is 1. The van der Waals surface area contributed by atoms with Crippen LogP contribution in [0.25, 0.3) is 0 Å². The fourth-order valence-electron chi connectivity index (χ4n) is 3.23. The zero-order chi connectivity index (χ0) is 18.0. The van der Waals surface area contributed by atoms with Crippen LogP contribution in [0.4, 0.5) is 0 Å². The lowest BCUT2D eigenvalue weighted by Gasteiger charge is -2.31. The van der Waals surface area contributed by atoms with Crippen LogP contribution in [-0.2, 0) is 9.59 Å². The molecule has 25 heavy (non-hydrogen) atoms. The van der Waals surface area contributed by atoms with Crippen LogP contribution in [0.15, 0.2) is 0 Å². The summed E-state index contributed by atoms with van der Waals surface area (Å²) >= 11 is 0. The zero-order valence-electron chi connectivity index (χ0n) is 15.5. The van der Waals surface area contributed by atoms with Crippen LogP contribution in [-0.4, -0.2) is 51.5 Å². The second-order valence-corrected chi connectivity index (χ2v) is 8.52. The lowest BCUT2D eigenvalue weighted by atomic mass is 9.92. The molecule has 0 bridgehead atoms. The van der Waals surface area contributed by atoms with Gasteiger partial charge in [-0.15, -0.1) is 0 Å². The van der Waals surface area contributed by atoms with Gasteiger partial charge in [0.2, 0.25) is 11.8 Å². The maximum atomic E-state index is 12.3. The second-order valence-electron chi connectivity index (χ2n) is 8.52. The highest BCUT2D eigenvalue weighted by molar-refractivity contribution is 5.85. The van der Waals surface area contributed by atoms with Crippen molar-refractivity contribution in [1.29, 1.82) is 0 Å². The van der Waals surface area contributed by atoms with Crippen molar-refractivity contribution in [3.8, 4) is 0 Å². The molecule has 1 aromatic rings. The van der Waals surface area contributed by atoms with E-state index in [0.29, 0.717) is 31.3 Å². The average molecular weight is 347 g/mol. The number of hydrogen-bond acceptors (Lipinski definition) is 4. The van der Waals surface area contributed by atoms with Crippen LogP contribution >= 0.6 is 0 Å². The minimum Gasteiger partial charge on any atom is -0.347 e. The minimum absolute atomic E-state index is 0.00283. The van der Waals surface area contributed by atoms with E-state index in [1.807, 2.05) is 25.7 Å². The first-order chi connectivity index (χ1) is 11.8. The van der Waals surface area contributed by atoms with Crippen LogP contribution in [0.1, 0.15) is 76.4 Å². The van der Waals surface area contributed by atoms with Gasteiger partial charge in [0.05, 0.1) is 6.54 Å². The Kier molecular flexibility index (Phi) is 5.11. The Morgan fingerprint density at radius 3 is 2.44 bits per heavy atom. The van der Waals surface area contributed by atoms with Gasteiger partial charge in [0.1, 0.15) is 5.82 Å². The lowest BCUT2D eigenvalue weighted by Crippen LogP contribution is -2.44. The number of carbonyl (C=O) groups excluding carboxylic acids is 2. The topological polar surface area (TPSA) is 91.0 Å². The summed E-state index contributed by atoms with van der Waals surface area (Å²) in [6, 6.07) is 0. The van der Waals surface area contributed by atoms with Gasteiger partial charge < -0.3 is 10.2 Å². The molecule has 1 aliphatic heterocycles. The van der Waals surface area contributed by atoms with Gasteiger partial charge in [-0.1, -0.05) is 20.8 Å². The van der Waals surface area contributed by atoms with Gasteiger partial charge in [-0.25, -0.2) is 4.98 Å². The van der Waals surface area contributed by atoms with E-state index >= 15 is 0 Å². The Morgan fingerprint density at radius 1 is 1.16 bits per heavy atom. The predicted molar refractivity (Wildman–Crippen MR) is 94.0 cm³/mol. The summed E-state index contributed by atoms with van der Waals surface area (Å²) in [6.45, 7) is 7.54. The normalized spacial score (nSPS) is 19.1. The molecule has 0 unspecified atom stereocenters. The molecule has 0 atom stereocenters. The quantitative estimate of drug-likeness (QED) is 0.851. The van der Waals surface area contributed by atoms with Crippen molar-refractivity contribution in [2.45, 2.75) is 64.7 Å². The molecule has 1 aliphatic carbocycles. The number of aromatic nitrogens is 3. The Bertz CT molecular complexity index is 622. The summed E-state index contributed by atoms with van der Waals surface area (Å²) < 4.78 is 0. The number of rotatable bonds is 5. The van der Waals surface area contributed by atoms with E-state index in [0.717, 1.165) is 24.5 Å². The second kappa shape index (κ2) is 7.14. The van der Waals surface area contributed by atoms with Crippen LogP contribution in [0, 0.1) is 5.41 Å². The summed E-state index contributed by atoms with van der Waals surface area (Å²) in [7, 11) is 0. The number of amides is 2. The van der Waals surface area contributed by atoms with Crippen molar-refractivity contribution < 1.29 is 9.59 Å². The fourth-order valence-corrected chi connectivity index (χ4v) is 3.23. The summed E-state index contributed by atoms with van der Waals surface area (Å²) in [5, 5.41) is 10.1. The van der Waals surface area contributed by atoms with E-state index < -0.39 is 0 Å². The molecular weight excluding hydrogens is 318 g/mol. The van der Waals surface area contributed by atoms with Crippen molar-refractivity contribution in [1.82, 2.24) is 25.4 Å². The van der Waals surface area contributed by atoms with Crippen molar-refractivity contribution in [2.24, 2.45) is 5.41 Å². The molecule has 1 saturated heterocycles. The standard InChI is InChI=1S/C18H29N5O2/c1-18(2,3)10-14(24)19-11-15(25)23-8-6-13(7-9-23)17-20-16(21-22-17)12-4-5-12/h12-13H,4-11H2,1-3H3,(H,19,24)(H,20,21,22). The van der Waals surface area contributed by atoms with E-state index in [4.69, 9.17) is 0 Å². The van der Waals surface area contributed by atoms with Crippen LogP contribution < -0.4 is 5.32 Å². The number of nitrogens with one attached hydrogen (secondary N) is 2. The molecular formula is C18H29N5O2. The Hall–Kier alpha value is -1.92. The van der Waals surface area contributed by atoms with Crippen LogP contribution in [0.5, 0.6) is 0 Å². The van der Waals surface area contributed by atoms with Gasteiger partial charge in [-0.05, 0) is 31.1 Å². The monoisotopic (exact) mass is 347 g/mol. The van der Waals surface area contributed by atoms with Gasteiger partial charge in [0, 0.05) is 31.3 Å². The number of aromatic amines is 1. The molecule has 7 heteroatoms. The molecule has 2 N–H and O–H groups in total. The fraction of sp³-hybridized carbons (Fsp3) is 0.778. The summed E-state index contributed by atoms with van der Waals surface area (Å²) in [5.41, 5.74) is -0.0676. The third-order valence-corrected chi connectivity index (χ3v) is 4.82. The smallest absolute Gasteiger partial charge is 0.241 e. The molecule has 3 rings (SSSR count). The number of carbonyl (C=O) groups is 2. The number of piperidine rings is 1. The average Bonchev–Trinajstić information content (AvgIpc) is 3.28. The van der Waals surface area contributed by atoms with E-state index in [9.17, 15) is 9.59 Å². The van der Waals surface area contributed by atoms with E-state index in [-0.39, 0.29) is 23.8 Å². The van der Waals surface area contributed by atoms with Gasteiger partial charge in [-0.3, -0.25) is 14.7 Å². The molecule has 138 valence electrons. The molecule has 2 amide bonds.